The molecule has 234 valence electrons. The Kier molecular flexibility index (Phi) is 11.7. The highest BCUT2D eigenvalue weighted by atomic mass is 16.5. The first-order valence-electron chi connectivity index (χ1n) is 15.5. The summed E-state index contributed by atoms with van der Waals surface area (Å²) < 4.78 is 5.42. The van der Waals surface area contributed by atoms with Crippen LogP contribution in [0.3, 0.4) is 0 Å². The summed E-state index contributed by atoms with van der Waals surface area (Å²) in [4.78, 5) is 14.3. The van der Waals surface area contributed by atoms with Gasteiger partial charge in [-0.1, -0.05) is 68.5 Å². The van der Waals surface area contributed by atoms with E-state index >= 15 is 0 Å². The molecule has 1 aliphatic carbocycles. The standard InChI is InChI=1S/C37H44O7/c1-3-4-6-14-29-33(40)21-30(31-22-36(44-2)35(42)20-28(31)23-38)26(17-24-10-7-5-8-11-24)12-9-13-27(37(29)43)18-25-15-16-32(39)34(41)19-25/h5,7-8,10-11,15-16,19-20,22,26-27,29-30,37-39,41-43H,3-4,6,13-14,17-18,21,23H2,1-2H3/t26-,27+,29-,30+,37-/m1/s1. The first kappa shape index (κ1) is 32.9. The number of carbonyl (C=O) groups excluding carboxylic acids is 1. The minimum Gasteiger partial charge on any atom is -0.504 e. The number of aromatic hydroxyl groups is 3. The summed E-state index contributed by atoms with van der Waals surface area (Å²) in [7, 11) is 1.46. The molecule has 0 bridgehead atoms. The lowest BCUT2D eigenvalue weighted by molar-refractivity contribution is -0.128. The molecule has 0 fully saturated rings. The Labute approximate surface area is 260 Å². The number of rotatable bonds is 11. The number of unbranched alkanes of at least 4 members (excludes halogenated alkanes) is 2. The van der Waals surface area contributed by atoms with Gasteiger partial charge in [0.05, 0.1) is 19.8 Å². The number of hydrogen-bond donors (Lipinski definition) is 5. The van der Waals surface area contributed by atoms with Gasteiger partial charge in [-0.05, 0) is 65.8 Å². The lowest BCUT2D eigenvalue weighted by Crippen LogP contribution is -2.37. The molecule has 0 aliphatic heterocycles. The van der Waals surface area contributed by atoms with Crippen molar-refractivity contribution in [3.05, 3.63) is 82.9 Å². The lowest BCUT2D eigenvalue weighted by atomic mass is 9.72. The van der Waals surface area contributed by atoms with E-state index in [1.807, 2.05) is 30.3 Å². The van der Waals surface area contributed by atoms with Gasteiger partial charge in [0.1, 0.15) is 5.78 Å². The molecule has 0 unspecified atom stereocenters. The molecule has 0 radical (unpaired) electrons. The highest BCUT2D eigenvalue weighted by Gasteiger charge is 2.37. The smallest absolute Gasteiger partial charge is 0.160 e. The van der Waals surface area contributed by atoms with Crippen molar-refractivity contribution in [1.82, 2.24) is 0 Å². The topological polar surface area (TPSA) is 127 Å². The molecule has 0 heterocycles. The number of aliphatic hydroxyl groups excluding tert-OH is 2. The molecule has 44 heavy (non-hydrogen) atoms. The van der Waals surface area contributed by atoms with Gasteiger partial charge in [0.2, 0.25) is 0 Å². The van der Waals surface area contributed by atoms with Crippen molar-refractivity contribution >= 4 is 5.78 Å². The maximum Gasteiger partial charge on any atom is 0.160 e. The Morgan fingerprint density at radius 3 is 2.36 bits per heavy atom. The molecule has 0 amide bonds. The van der Waals surface area contributed by atoms with E-state index in [1.165, 1.54) is 25.3 Å². The zero-order chi connectivity index (χ0) is 31.6. The molecule has 5 atom stereocenters. The SMILES string of the molecule is CCCCC[C@@H]1C(=O)C[C@H](c2cc(OC)c(O)cc2CO)[C@@H](Cc2ccccc2)C#CC[C@@H](Cc2ccc(O)c(O)c2)[C@H]1O. The van der Waals surface area contributed by atoms with Gasteiger partial charge in [0, 0.05) is 36.5 Å². The van der Waals surface area contributed by atoms with Gasteiger partial charge < -0.3 is 30.3 Å². The second kappa shape index (κ2) is 15.7. The van der Waals surface area contributed by atoms with Crippen molar-refractivity contribution in [2.24, 2.45) is 17.8 Å². The Bertz CT molecular complexity index is 1460. The van der Waals surface area contributed by atoms with E-state index in [4.69, 9.17) is 4.74 Å². The third-order valence-corrected chi connectivity index (χ3v) is 8.83. The van der Waals surface area contributed by atoms with Gasteiger partial charge in [0.25, 0.3) is 0 Å². The summed E-state index contributed by atoms with van der Waals surface area (Å²) in [6.07, 6.45) is 3.71. The van der Waals surface area contributed by atoms with E-state index in [2.05, 4.69) is 18.8 Å². The monoisotopic (exact) mass is 600 g/mol. The van der Waals surface area contributed by atoms with E-state index in [9.17, 15) is 30.3 Å². The van der Waals surface area contributed by atoms with Gasteiger partial charge in [-0.2, -0.15) is 0 Å². The molecule has 4 rings (SSSR count). The summed E-state index contributed by atoms with van der Waals surface area (Å²) in [5.74, 6) is 4.77. The normalized spacial score (nSPS) is 22.2. The first-order valence-corrected chi connectivity index (χ1v) is 15.5. The van der Waals surface area contributed by atoms with Crippen molar-refractivity contribution < 1.29 is 35.1 Å². The average Bonchev–Trinajstić information content (AvgIpc) is 3.02. The number of Topliss-reactive ketones (excluding diaryl/α,β-unsaturated/α-hetero) is 1. The molecule has 3 aromatic rings. The van der Waals surface area contributed by atoms with Crippen LogP contribution in [0, 0.1) is 29.6 Å². The minimum atomic E-state index is -0.956. The van der Waals surface area contributed by atoms with Crippen LogP contribution in [0.1, 0.15) is 73.6 Å². The molecule has 0 spiro atoms. The Morgan fingerprint density at radius 1 is 0.909 bits per heavy atom. The van der Waals surface area contributed by atoms with Gasteiger partial charge in [-0.3, -0.25) is 4.79 Å². The van der Waals surface area contributed by atoms with Crippen LogP contribution in [0.2, 0.25) is 0 Å². The van der Waals surface area contributed by atoms with Crippen molar-refractivity contribution in [2.45, 2.75) is 76.9 Å². The zero-order valence-electron chi connectivity index (χ0n) is 25.6. The highest BCUT2D eigenvalue weighted by molar-refractivity contribution is 5.82. The fourth-order valence-corrected chi connectivity index (χ4v) is 6.37. The fourth-order valence-electron chi connectivity index (χ4n) is 6.37. The third kappa shape index (κ3) is 8.13. The predicted octanol–water partition coefficient (Wildman–Crippen LogP) is 6.03. The number of carbonyl (C=O) groups is 1. The van der Waals surface area contributed by atoms with Gasteiger partial charge >= 0.3 is 0 Å². The second-order valence-electron chi connectivity index (χ2n) is 11.9. The van der Waals surface area contributed by atoms with E-state index in [-0.39, 0.29) is 53.6 Å². The third-order valence-electron chi connectivity index (χ3n) is 8.83. The largest absolute Gasteiger partial charge is 0.504 e. The van der Waals surface area contributed by atoms with E-state index in [0.717, 1.165) is 30.4 Å². The quantitative estimate of drug-likeness (QED) is 0.103. The van der Waals surface area contributed by atoms with Crippen molar-refractivity contribution in [2.75, 3.05) is 7.11 Å². The number of benzene rings is 3. The Morgan fingerprint density at radius 2 is 1.68 bits per heavy atom. The van der Waals surface area contributed by atoms with E-state index in [1.54, 1.807) is 12.1 Å². The van der Waals surface area contributed by atoms with Crippen LogP contribution in [0.5, 0.6) is 23.0 Å². The predicted molar refractivity (Wildman–Crippen MR) is 170 cm³/mol. The molecule has 0 saturated carbocycles. The lowest BCUT2D eigenvalue weighted by Gasteiger charge is -2.33. The molecule has 5 N–H and O–H groups in total. The van der Waals surface area contributed by atoms with Gasteiger partial charge in [-0.25, -0.2) is 0 Å². The second-order valence-corrected chi connectivity index (χ2v) is 11.9. The van der Waals surface area contributed by atoms with E-state index in [0.29, 0.717) is 36.8 Å². The highest BCUT2D eigenvalue weighted by Crippen LogP contribution is 2.41. The van der Waals surface area contributed by atoms with Gasteiger partial charge in [-0.15, -0.1) is 5.92 Å². The summed E-state index contributed by atoms with van der Waals surface area (Å²) in [5.41, 5.74) is 3.01. The number of phenols is 3. The Balaban J connectivity index is 1.81. The zero-order valence-corrected chi connectivity index (χ0v) is 25.6. The molecule has 0 saturated heterocycles. The number of ketones is 1. The molecule has 0 aromatic heterocycles. The molecular formula is C37H44O7. The minimum absolute atomic E-state index is 0.0603. The van der Waals surface area contributed by atoms with Crippen molar-refractivity contribution in [3.63, 3.8) is 0 Å². The average molecular weight is 601 g/mol. The number of methoxy groups -OCH3 is 1. The summed E-state index contributed by atoms with van der Waals surface area (Å²) in [6.45, 7) is 1.77. The number of hydrogen-bond acceptors (Lipinski definition) is 7. The van der Waals surface area contributed by atoms with Crippen molar-refractivity contribution in [1.29, 1.82) is 0 Å². The summed E-state index contributed by atoms with van der Waals surface area (Å²) >= 11 is 0. The van der Waals surface area contributed by atoms with Crippen LogP contribution in [0.4, 0.5) is 0 Å². The van der Waals surface area contributed by atoms with Crippen LogP contribution < -0.4 is 4.74 Å². The number of ether oxygens (including phenoxy) is 1. The number of phenolic OH excluding ortho intramolecular Hbond substituents is 3. The molecule has 7 nitrogen and oxygen atoms in total. The summed E-state index contributed by atoms with van der Waals surface area (Å²) in [5, 5.41) is 52.5. The Hall–Kier alpha value is -3.99. The molecular weight excluding hydrogens is 556 g/mol. The maximum absolute atomic E-state index is 14.3. The van der Waals surface area contributed by atoms with E-state index < -0.39 is 17.9 Å². The van der Waals surface area contributed by atoms with Crippen LogP contribution >= 0.6 is 0 Å². The van der Waals surface area contributed by atoms with Crippen LogP contribution in [0.25, 0.3) is 0 Å². The van der Waals surface area contributed by atoms with Crippen molar-refractivity contribution in [3.8, 4) is 34.8 Å². The maximum atomic E-state index is 14.3. The first-order chi connectivity index (χ1) is 21.2. The van der Waals surface area contributed by atoms with Crippen LogP contribution in [-0.2, 0) is 24.2 Å². The number of aliphatic hydroxyl groups is 2. The summed E-state index contributed by atoms with van der Waals surface area (Å²) in [6, 6.07) is 17.8. The molecule has 1 aliphatic rings. The molecule has 3 aromatic carbocycles. The van der Waals surface area contributed by atoms with Crippen LogP contribution in [0.15, 0.2) is 60.7 Å². The molecule has 7 heteroatoms. The van der Waals surface area contributed by atoms with Gasteiger partial charge in [0.15, 0.2) is 23.0 Å². The van der Waals surface area contributed by atoms with Crippen LogP contribution in [-0.4, -0.2) is 44.5 Å². The fraction of sp³-hybridized carbons (Fsp3) is 0.432.